The zero-order valence-electron chi connectivity index (χ0n) is 21.6. The number of rotatable bonds is 5. The summed E-state index contributed by atoms with van der Waals surface area (Å²) in [5.74, 6) is -1.92. The molecule has 0 radical (unpaired) electrons. The summed E-state index contributed by atoms with van der Waals surface area (Å²) < 4.78 is 15.9. The van der Waals surface area contributed by atoms with Crippen molar-refractivity contribution < 1.29 is 19.2 Å². The molecule has 0 aliphatic heterocycles. The van der Waals surface area contributed by atoms with Gasteiger partial charge in [-0.05, 0) is 80.8 Å². The molecule has 9 nitrogen and oxygen atoms in total. The Morgan fingerprint density at radius 3 is 2.49 bits per heavy atom. The van der Waals surface area contributed by atoms with Crippen molar-refractivity contribution >= 4 is 33.8 Å². The lowest BCUT2D eigenvalue weighted by Crippen LogP contribution is -2.17. The van der Waals surface area contributed by atoms with Gasteiger partial charge in [-0.25, -0.2) is 0 Å². The molecule has 0 aliphatic rings. The molecule has 2 aromatic heterocycles. The minimum Gasteiger partial charge on any atom is -0.386 e. The van der Waals surface area contributed by atoms with Gasteiger partial charge in [-0.2, -0.15) is 4.39 Å². The number of nitro benzene ring substituents is 1. The minimum atomic E-state index is -1.10. The van der Waals surface area contributed by atoms with Crippen molar-refractivity contribution in [2.45, 2.75) is 33.3 Å². The summed E-state index contributed by atoms with van der Waals surface area (Å²) in [5, 5.41) is 24.5. The first-order valence-corrected chi connectivity index (χ1v) is 12.1. The normalized spacial score (nSPS) is 11.7. The van der Waals surface area contributed by atoms with Gasteiger partial charge in [0, 0.05) is 11.3 Å². The first-order chi connectivity index (χ1) is 18.4. The molecule has 5 aromatic rings. The van der Waals surface area contributed by atoms with E-state index in [0.717, 1.165) is 22.9 Å². The largest absolute Gasteiger partial charge is 0.386 e. The number of carbonyl (C=O) groups excluding carboxylic acids is 1. The van der Waals surface area contributed by atoms with Crippen molar-refractivity contribution in [1.29, 1.82) is 0 Å². The van der Waals surface area contributed by atoms with Crippen LogP contribution in [0.2, 0.25) is 0 Å². The zero-order valence-corrected chi connectivity index (χ0v) is 21.6. The molecule has 1 amide bonds. The number of aromatic nitrogens is 2. The number of nitro groups is 1. The van der Waals surface area contributed by atoms with Crippen molar-refractivity contribution in [3.8, 4) is 11.3 Å². The van der Waals surface area contributed by atoms with Crippen molar-refractivity contribution in [1.82, 2.24) is 9.38 Å². The van der Waals surface area contributed by atoms with Crippen LogP contribution in [0.25, 0.3) is 27.8 Å². The van der Waals surface area contributed by atoms with Crippen LogP contribution in [0.5, 0.6) is 0 Å². The number of nitrogens with zero attached hydrogens (tertiary/aromatic N) is 2. The van der Waals surface area contributed by atoms with Gasteiger partial charge in [0.1, 0.15) is 11.1 Å². The highest BCUT2D eigenvalue weighted by Crippen LogP contribution is 2.35. The Balaban J connectivity index is 1.67. The van der Waals surface area contributed by atoms with E-state index in [0.29, 0.717) is 33.4 Å². The van der Waals surface area contributed by atoms with Gasteiger partial charge in [0.05, 0.1) is 27.3 Å². The summed E-state index contributed by atoms with van der Waals surface area (Å²) >= 11 is 0. The molecule has 0 fully saturated rings. The van der Waals surface area contributed by atoms with Crippen LogP contribution < -0.4 is 10.9 Å². The fourth-order valence-corrected chi connectivity index (χ4v) is 4.88. The van der Waals surface area contributed by atoms with Crippen LogP contribution in [0, 0.1) is 29.8 Å². The molecular weight excluding hydrogens is 503 g/mol. The molecule has 3 N–H and O–H groups in total. The maximum atomic E-state index is 14.1. The number of aliphatic hydroxyl groups is 1. The van der Waals surface area contributed by atoms with Crippen molar-refractivity contribution in [3.63, 3.8) is 0 Å². The van der Waals surface area contributed by atoms with Crippen LogP contribution in [0.1, 0.15) is 40.9 Å². The Morgan fingerprint density at radius 2 is 1.79 bits per heavy atom. The van der Waals surface area contributed by atoms with Crippen LogP contribution in [0.3, 0.4) is 0 Å². The second-order valence-corrected chi connectivity index (χ2v) is 9.97. The smallest absolute Gasteiger partial charge is 0.317 e. The second kappa shape index (κ2) is 9.17. The Labute approximate surface area is 221 Å². The lowest BCUT2D eigenvalue weighted by Gasteiger charge is -2.19. The Bertz CT molecular complexity index is 1880. The molecule has 0 bridgehead atoms. The summed E-state index contributed by atoms with van der Waals surface area (Å²) in [6.45, 7) is 6.99. The number of benzene rings is 3. The predicted octanol–water partition coefficient (Wildman–Crippen LogP) is 5.59. The van der Waals surface area contributed by atoms with Crippen molar-refractivity contribution in [3.05, 3.63) is 109 Å². The van der Waals surface area contributed by atoms with Gasteiger partial charge in [-0.3, -0.25) is 19.7 Å². The van der Waals surface area contributed by atoms with E-state index in [2.05, 4.69) is 10.3 Å². The fraction of sp³-hybridized carbons (Fsp3) is 0.172. The molecule has 0 atom stereocenters. The average Bonchev–Trinajstić information content (AvgIpc) is 3.21. The summed E-state index contributed by atoms with van der Waals surface area (Å²) in [7, 11) is 0. The number of amides is 1. The number of aromatic amines is 1. The Hall–Kier alpha value is -4.83. The monoisotopic (exact) mass is 528 g/mol. The van der Waals surface area contributed by atoms with E-state index in [9.17, 15) is 29.2 Å². The molecule has 0 aliphatic carbocycles. The predicted molar refractivity (Wildman–Crippen MR) is 147 cm³/mol. The number of hydrogen-bond acceptors (Lipinski definition) is 5. The van der Waals surface area contributed by atoms with E-state index < -0.39 is 33.5 Å². The van der Waals surface area contributed by atoms with Gasteiger partial charge in [0.25, 0.3) is 11.5 Å². The van der Waals surface area contributed by atoms with E-state index in [1.807, 2.05) is 23.5 Å². The maximum absolute atomic E-state index is 14.1. The lowest BCUT2D eigenvalue weighted by atomic mass is 9.98. The molecular formula is C29H25FN4O5. The molecule has 0 unspecified atom stereocenters. The molecule has 2 heterocycles. The van der Waals surface area contributed by atoms with Gasteiger partial charge < -0.3 is 19.8 Å². The highest BCUT2D eigenvalue weighted by Gasteiger charge is 2.26. The van der Waals surface area contributed by atoms with E-state index in [1.54, 1.807) is 51.1 Å². The molecule has 3 aromatic carbocycles. The van der Waals surface area contributed by atoms with Gasteiger partial charge >= 0.3 is 5.69 Å². The molecule has 0 spiro atoms. The van der Waals surface area contributed by atoms with E-state index in [-0.39, 0.29) is 5.56 Å². The fourth-order valence-electron chi connectivity index (χ4n) is 4.88. The summed E-state index contributed by atoms with van der Waals surface area (Å²) in [6, 6.07) is 15.7. The van der Waals surface area contributed by atoms with Crippen LogP contribution in [-0.2, 0) is 5.60 Å². The maximum Gasteiger partial charge on any atom is 0.317 e. The average molecular weight is 529 g/mol. The number of hydrogen-bond donors (Lipinski definition) is 3. The number of para-hydroxylation sites is 1. The minimum absolute atomic E-state index is 0.301. The number of anilines is 1. The third-order valence-electron chi connectivity index (χ3n) is 6.87. The molecule has 198 valence electrons. The quantitative estimate of drug-likeness (QED) is 0.202. The number of halogens is 1. The van der Waals surface area contributed by atoms with Gasteiger partial charge in [-0.15, -0.1) is 0 Å². The number of fused-ring (bicyclic) bond motifs is 3. The Morgan fingerprint density at radius 1 is 1.08 bits per heavy atom. The third-order valence-corrected chi connectivity index (χ3v) is 6.87. The van der Waals surface area contributed by atoms with Crippen LogP contribution in [0.4, 0.5) is 15.8 Å². The second-order valence-electron chi connectivity index (χ2n) is 9.97. The zero-order chi connectivity index (χ0) is 28.2. The summed E-state index contributed by atoms with van der Waals surface area (Å²) in [6.07, 6.45) is 0. The highest BCUT2D eigenvalue weighted by atomic mass is 19.1. The van der Waals surface area contributed by atoms with E-state index in [4.69, 9.17) is 0 Å². The lowest BCUT2D eigenvalue weighted by molar-refractivity contribution is -0.387. The van der Waals surface area contributed by atoms with E-state index in [1.165, 1.54) is 12.1 Å². The standard InChI is InChI=1S/C29H25FN4O5/c1-15-13-24-28(36)32-22-14-17(29(3,4)37)11-12-23(22)33(24)25(15)18-7-6-10-21(16(18)2)31-27(35)19-8-5-9-20(30)26(19)34(38)39/h5-14,37H,1-4H3,(H,31,35)(H,32,36). The molecule has 10 heteroatoms. The van der Waals surface area contributed by atoms with Crippen LogP contribution >= 0.6 is 0 Å². The third kappa shape index (κ3) is 4.34. The van der Waals surface area contributed by atoms with Crippen molar-refractivity contribution in [2.75, 3.05) is 5.32 Å². The molecule has 39 heavy (non-hydrogen) atoms. The van der Waals surface area contributed by atoms with Crippen LogP contribution in [0.15, 0.2) is 65.5 Å². The van der Waals surface area contributed by atoms with Crippen molar-refractivity contribution in [2.24, 2.45) is 0 Å². The van der Waals surface area contributed by atoms with Gasteiger partial charge in [0.2, 0.25) is 5.82 Å². The molecule has 0 saturated heterocycles. The first kappa shape index (κ1) is 25.8. The van der Waals surface area contributed by atoms with Gasteiger partial charge in [0.15, 0.2) is 0 Å². The first-order valence-electron chi connectivity index (χ1n) is 12.1. The molecule has 0 saturated carbocycles. The molecule has 5 rings (SSSR count). The summed E-state index contributed by atoms with van der Waals surface area (Å²) in [4.78, 5) is 39.4. The highest BCUT2D eigenvalue weighted by molar-refractivity contribution is 6.07. The van der Waals surface area contributed by atoms with Crippen LogP contribution in [-0.4, -0.2) is 25.3 Å². The SMILES string of the molecule is Cc1cc2c(=O)[nH]c3cc(C(C)(C)O)ccc3n2c1-c1cccc(NC(=O)c2cccc(F)c2[N+](=O)[O-])c1C. The topological polar surface area (TPSA) is 130 Å². The number of aryl methyl sites for hydroxylation is 1. The van der Waals surface area contributed by atoms with E-state index >= 15 is 0 Å². The number of carbonyl (C=O) groups is 1. The Kier molecular flexibility index (Phi) is 6.07. The number of nitrogens with one attached hydrogen (secondary N) is 2. The van der Waals surface area contributed by atoms with Gasteiger partial charge in [-0.1, -0.05) is 24.3 Å². The number of H-pyrrole nitrogens is 1. The summed E-state index contributed by atoms with van der Waals surface area (Å²) in [5.41, 5.74) is 2.92.